The average molecular weight is 801 g/mol. The van der Waals surface area contributed by atoms with E-state index in [1.165, 1.54) is 154 Å². The van der Waals surface area contributed by atoms with Crippen LogP contribution in [0.3, 0.4) is 0 Å². The number of allylic oxidation sites excluding steroid dienone is 3. The van der Waals surface area contributed by atoms with Gasteiger partial charge in [0.2, 0.25) is 5.91 Å². The first-order valence-corrected chi connectivity index (χ1v) is 24.5. The van der Waals surface area contributed by atoms with Crippen LogP contribution in [0.4, 0.5) is 0 Å². The number of carbonyl (C=O) groups excluding carboxylic acids is 1. The van der Waals surface area contributed by atoms with Gasteiger partial charge in [0, 0.05) is 6.54 Å². The number of unbranched alkanes of at least 4 members (excludes halogenated alkanes) is 27. The standard InChI is InChI=1S/C45H89N2O7P/c1-3-5-7-9-11-13-15-17-19-20-21-22-23-24-26-28-30-32-34-36-42(48)40-45(50)47-43(41-54-55(51,52)53-39-38-46)44(49)37-35-33-31-29-27-25-18-16-14-12-10-8-6-4-2/h27,29,35,37,42-44,48-49H,3-26,28,30-34,36,38-41,46H2,1-2H3,(H,47,50)(H,51,52)/b29-27+,37-35+. The van der Waals surface area contributed by atoms with E-state index in [9.17, 15) is 24.5 Å². The molecule has 4 atom stereocenters. The third-order valence-electron chi connectivity index (χ3n) is 10.3. The van der Waals surface area contributed by atoms with E-state index in [0.717, 1.165) is 32.1 Å². The van der Waals surface area contributed by atoms with Gasteiger partial charge in [0.15, 0.2) is 0 Å². The van der Waals surface area contributed by atoms with Crippen molar-refractivity contribution < 1.29 is 33.5 Å². The monoisotopic (exact) mass is 801 g/mol. The van der Waals surface area contributed by atoms with Gasteiger partial charge in [0.1, 0.15) is 0 Å². The lowest BCUT2D eigenvalue weighted by Gasteiger charge is -2.24. The lowest BCUT2D eigenvalue weighted by atomic mass is 10.0. The Morgan fingerprint density at radius 1 is 0.618 bits per heavy atom. The molecule has 6 N–H and O–H groups in total. The summed E-state index contributed by atoms with van der Waals surface area (Å²) in [5, 5.41) is 24.0. The normalized spacial score (nSPS) is 14.8. The SMILES string of the molecule is CCCCCCCCCC/C=C/CC/C=C/C(O)C(COP(=O)(O)OCCN)NC(=O)CC(O)CCCCCCCCCCCCCCCCCCCCC. The Labute approximate surface area is 339 Å². The largest absolute Gasteiger partial charge is 0.472 e. The van der Waals surface area contributed by atoms with Gasteiger partial charge in [-0.25, -0.2) is 4.57 Å². The summed E-state index contributed by atoms with van der Waals surface area (Å²) in [4.78, 5) is 22.8. The number of nitrogens with one attached hydrogen (secondary N) is 1. The summed E-state index contributed by atoms with van der Waals surface area (Å²) in [7, 11) is -4.40. The lowest BCUT2D eigenvalue weighted by molar-refractivity contribution is -0.124. The van der Waals surface area contributed by atoms with Gasteiger partial charge in [-0.2, -0.15) is 0 Å². The molecule has 0 fully saturated rings. The number of nitrogens with two attached hydrogens (primary N) is 1. The second kappa shape index (κ2) is 41.1. The fourth-order valence-corrected chi connectivity index (χ4v) is 7.60. The van der Waals surface area contributed by atoms with Gasteiger partial charge >= 0.3 is 7.82 Å². The minimum atomic E-state index is -4.40. The molecule has 55 heavy (non-hydrogen) atoms. The Kier molecular flexibility index (Phi) is 40.3. The van der Waals surface area contributed by atoms with Crippen LogP contribution < -0.4 is 11.1 Å². The number of phosphoric acid groups is 1. The van der Waals surface area contributed by atoms with Crippen molar-refractivity contribution in [2.24, 2.45) is 5.73 Å². The van der Waals surface area contributed by atoms with Crippen LogP contribution in [0.2, 0.25) is 0 Å². The highest BCUT2D eigenvalue weighted by Crippen LogP contribution is 2.43. The number of aliphatic hydroxyl groups is 2. The van der Waals surface area contributed by atoms with Crippen molar-refractivity contribution >= 4 is 13.7 Å². The van der Waals surface area contributed by atoms with E-state index in [-0.39, 0.29) is 19.6 Å². The zero-order valence-electron chi connectivity index (χ0n) is 35.8. The first-order valence-electron chi connectivity index (χ1n) is 23.0. The molecule has 0 rings (SSSR count). The maximum atomic E-state index is 12.8. The zero-order chi connectivity index (χ0) is 40.5. The summed E-state index contributed by atoms with van der Waals surface area (Å²) in [6, 6.07) is -0.995. The van der Waals surface area contributed by atoms with Crippen LogP contribution in [0.1, 0.15) is 219 Å². The van der Waals surface area contributed by atoms with Gasteiger partial charge in [-0.15, -0.1) is 0 Å². The first-order chi connectivity index (χ1) is 26.8. The molecule has 0 aliphatic rings. The van der Waals surface area contributed by atoms with Crippen molar-refractivity contribution in [3.05, 3.63) is 24.3 Å². The molecule has 0 heterocycles. The topological polar surface area (TPSA) is 151 Å². The highest BCUT2D eigenvalue weighted by atomic mass is 31.2. The van der Waals surface area contributed by atoms with E-state index >= 15 is 0 Å². The minimum Gasteiger partial charge on any atom is -0.393 e. The van der Waals surface area contributed by atoms with E-state index in [4.69, 9.17) is 14.8 Å². The number of amides is 1. The predicted octanol–water partition coefficient (Wildman–Crippen LogP) is 11.9. The number of carbonyl (C=O) groups is 1. The fourth-order valence-electron chi connectivity index (χ4n) is 6.84. The Hall–Kier alpha value is -1.06. The first kappa shape index (κ1) is 53.9. The van der Waals surface area contributed by atoms with Crippen molar-refractivity contribution in [1.29, 1.82) is 0 Å². The molecule has 0 aromatic heterocycles. The summed E-state index contributed by atoms with van der Waals surface area (Å²) in [6.07, 6.45) is 44.1. The summed E-state index contributed by atoms with van der Waals surface area (Å²) < 4.78 is 22.1. The van der Waals surface area contributed by atoms with Crippen LogP contribution in [0.25, 0.3) is 0 Å². The van der Waals surface area contributed by atoms with E-state index in [0.29, 0.717) is 12.8 Å². The van der Waals surface area contributed by atoms with Crippen molar-refractivity contribution in [1.82, 2.24) is 5.32 Å². The molecule has 4 unspecified atom stereocenters. The highest BCUT2D eigenvalue weighted by Gasteiger charge is 2.27. The van der Waals surface area contributed by atoms with Gasteiger partial charge in [-0.3, -0.25) is 13.8 Å². The molecule has 0 saturated carbocycles. The Morgan fingerprint density at radius 3 is 1.51 bits per heavy atom. The number of aliphatic hydroxyl groups excluding tert-OH is 2. The van der Waals surface area contributed by atoms with Crippen LogP contribution >= 0.6 is 7.82 Å². The molecule has 326 valence electrons. The number of hydrogen-bond acceptors (Lipinski definition) is 7. The number of hydrogen-bond donors (Lipinski definition) is 5. The van der Waals surface area contributed by atoms with E-state index < -0.39 is 38.6 Å². The van der Waals surface area contributed by atoms with E-state index in [1.807, 2.05) is 6.08 Å². The van der Waals surface area contributed by atoms with Crippen molar-refractivity contribution in [2.45, 2.75) is 238 Å². The molecule has 0 aliphatic carbocycles. The van der Waals surface area contributed by atoms with Gasteiger partial charge in [0.05, 0.1) is 37.9 Å². The van der Waals surface area contributed by atoms with Gasteiger partial charge in [-0.1, -0.05) is 205 Å². The average Bonchev–Trinajstić information content (AvgIpc) is 3.16. The quantitative estimate of drug-likeness (QED) is 0.0232. The van der Waals surface area contributed by atoms with Crippen molar-refractivity contribution in [2.75, 3.05) is 19.8 Å². The van der Waals surface area contributed by atoms with Gasteiger partial charge in [0.25, 0.3) is 0 Å². The summed E-state index contributed by atoms with van der Waals surface area (Å²) in [6.45, 7) is 3.96. The summed E-state index contributed by atoms with van der Waals surface area (Å²) >= 11 is 0. The predicted molar refractivity (Wildman–Crippen MR) is 232 cm³/mol. The second-order valence-electron chi connectivity index (χ2n) is 15.8. The molecule has 0 spiro atoms. The molecule has 0 radical (unpaired) electrons. The third-order valence-corrected chi connectivity index (χ3v) is 11.3. The maximum absolute atomic E-state index is 12.8. The molecular formula is C45H89N2O7P. The Balaban J connectivity index is 4.25. The number of phosphoric ester groups is 1. The van der Waals surface area contributed by atoms with Crippen molar-refractivity contribution in [3.8, 4) is 0 Å². The highest BCUT2D eigenvalue weighted by molar-refractivity contribution is 7.47. The molecule has 0 aromatic rings. The second-order valence-corrected chi connectivity index (χ2v) is 17.3. The molecule has 0 saturated heterocycles. The van der Waals surface area contributed by atoms with E-state index in [2.05, 4.69) is 31.3 Å². The van der Waals surface area contributed by atoms with E-state index in [1.54, 1.807) is 6.08 Å². The molecular weight excluding hydrogens is 711 g/mol. The van der Waals surface area contributed by atoms with Crippen LogP contribution in [-0.4, -0.2) is 59.0 Å². The molecule has 10 heteroatoms. The molecule has 9 nitrogen and oxygen atoms in total. The van der Waals surface area contributed by atoms with Crippen LogP contribution in [0, 0.1) is 0 Å². The third kappa shape index (κ3) is 39.5. The molecule has 0 aliphatic heterocycles. The zero-order valence-corrected chi connectivity index (χ0v) is 36.7. The van der Waals surface area contributed by atoms with Gasteiger partial charge in [-0.05, 0) is 32.1 Å². The van der Waals surface area contributed by atoms with Crippen LogP contribution in [-0.2, 0) is 18.4 Å². The molecule has 0 aromatic carbocycles. The van der Waals surface area contributed by atoms with Crippen molar-refractivity contribution in [3.63, 3.8) is 0 Å². The summed E-state index contributed by atoms with van der Waals surface area (Å²) in [5.74, 6) is -0.453. The Bertz CT molecular complexity index is 935. The number of rotatable bonds is 43. The van der Waals surface area contributed by atoms with Gasteiger partial charge < -0.3 is 26.2 Å². The Morgan fingerprint density at radius 2 is 1.04 bits per heavy atom. The molecule has 0 bridgehead atoms. The summed E-state index contributed by atoms with van der Waals surface area (Å²) in [5.41, 5.74) is 5.36. The lowest BCUT2D eigenvalue weighted by Crippen LogP contribution is -2.46. The smallest absolute Gasteiger partial charge is 0.393 e. The minimum absolute atomic E-state index is 0.0460. The maximum Gasteiger partial charge on any atom is 0.472 e. The van der Waals surface area contributed by atoms with Crippen LogP contribution in [0.15, 0.2) is 24.3 Å². The fraction of sp³-hybridized carbons (Fsp3) is 0.889. The van der Waals surface area contributed by atoms with Crippen LogP contribution in [0.5, 0.6) is 0 Å². The molecule has 1 amide bonds.